The van der Waals surface area contributed by atoms with Crippen molar-refractivity contribution in [3.63, 3.8) is 0 Å². The smallest absolute Gasteiger partial charge is 0.258 e. The van der Waals surface area contributed by atoms with Gasteiger partial charge in [0, 0.05) is 41.4 Å². The molecule has 1 aliphatic heterocycles. The molecule has 5 heteroatoms. The van der Waals surface area contributed by atoms with E-state index < -0.39 is 0 Å². The van der Waals surface area contributed by atoms with Gasteiger partial charge in [-0.2, -0.15) is 0 Å². The van der Waals surface area contributed by atoms with Crippen LogP contribution in [0.2, 0.25) is 0 Å². The fourth-order valence-corrected chi connectivity index (χ4v) is 3.33. The summed E-state index contributed by atoms with van der Waals surface area (Å²) in [6, 6.07) is 18.4. The second kappa shape index (κ2) is 7.41. The molecule has 2 heterocycles. The molecule has 4 rings (SSSR count). The first-order chi connectivity index (χ1) is 13.2. The predicted octanol–water partition coefficient (Wildman–Crippen LogP) is 3.93. The van der Waals surface area contributed by atoms with Crippen molar-refractivity contribution in [2.24, 2.45) is 0 Å². The molecule has 0 bridgehead atoms. The Morgan fingerprint density at radius 1 is 0.926 bits per heavy atom. The summed E-state index contributed by atoms with van der Waals surface area (Å²) in [5, 5.41) is 2.91. The number of anilines is 2. The number of pyridine rings is 1. The normalized spacial score (nSPS) is 13.0. The quantitative estimate of drug-likeness (QED) is 0.773. The molecule has 2 aromatic carbocycles. The van der Waals surface area contributed by atoms with Crippen molar-refractivity contribution in [1.82, 2.24) is 4.98 Å². The average molecular weight is 357 g/mol. The molecule has 5 nitrogen and oxygen atoms in total. The average Bonchev–Trinajstić information content (AvgIpc) is 2.74. The minimum Gasteiger partial charge on any atom is -0.322 e. The molecule has 3 aromatic rings. The Kier molecular flexibility index (Phi) is 4.66. The largest absolute Gasteiger partial charge is 0.322 e. The highest BCUT2D eigenvalue weighted by Gasteiger charge is 2.23. The summed E-state index contributed by atoms with van der Waals surface area (Å²) in [5.74, 6) is -0.171. The van der Waals surface area contributed by atoms with Gasteiger partial charge in [0.1, 0.15) is 0 Å². The first-order valence-electron chi connectivity index (χ1n) is 8.93. The summed E-state index contributed by atoms with van der Waals surface area (Å²) >= 11 is 0. The molecule has 0 unspecified atom stereocenters. The topological polar surface area (TPSA) is 62.3 Å². The fourth-order valence-electron chi connectivity index (χ4n) is 3.33. The molecular formula is C22H19N3O2. The molecule has 1 aromatic heterocycles. The van der Waals surface area contributed by atoms with Gasteiger partial charge in [-0.05, 0) is 60.9 Å². The number of fused-ring (bicyclic) bond motifs is 1. The maximum Gasteiger partial charge on any atom is 0.258 e. The van der Waals surface area contributed by atoms with Crippen molar-refractivity contribution < 1.29 is 9.59 Å². The summed E-state index contributed by atoms with van der Waals surface area (Å²) < 4.78 is 0. The van der Waals surface area contributed by atoms with E-state index in [0.717, 1.165) is 29.8 Å². The van der Waals surface area contributed by atoms with Crippen LogP contribution in [0.5, 0.6) is 0 Å². The molecule has 0 spiro atoms. The van der Waals surface area contributed by atoms with Crippen LogP contribution in [0.3, 0.4) is 0 Å². The number of hydrogen-bond acceptors (Lipinski definition) is 3. The molecule has 0 saturated carbocycles. The van der Waals surface area contributed by atoms with Gasteiger partial charge in [0.2, 0.25) is 0 Å². The summed E-state index contributed by atoms with van der Waals surface area (Å²) in [6.45, 7) is 0.698. The van der Waals surface area contributed by atoms with E-state index >= 15 is 0 Å². The number of carbonyl (C=O) groups excluding carboxylic acids is 2. The SMILES string of the molecule is O=C(Nc1ccc2c(c1)CCCN2C(=O)c1ccccc1)c1ccncc1. The lowest BCUT2D eigenvalue weighted by atomic mass is 10.00. The third-order valence-corrected chi connectivity index (χ3v) is 4.66. The molecule has 134 valence electrons. The Morgan fingerprint density at radius 3 is 2.48 bits per heavy atom. The third-order valence-electron chi connectivity index (χ3n) is 4.66. The number of nitrogens with zero attached hydrogens (tertiary/aromatic N) is 2. The first kappa shape index (κ1) is 17.0. The number of rotatable bonds is 3. The number of amides is 2. The molecule has 2 amide bonds. The number of benzene rings is 2. The lowest BCUT2D eigenvalue weighted by Crippen LogP contribution is -2.35. The monoisotopic (exact) mass is 357 g/mol. The van der Waals surface area contributed by atoms with Crippen molar-refractivity contribution >= 4 is 23.2 Å². The van der Waals surface area contributed by atoms with E-state index in [1.807, 2.05) is 53.4 Å². The van der Waals surface area contributed by atoms with Gasteiger partial charge in [-0.1, -0.05) is 18.2 Å². The van der Waals surface area contributed by atoms with Crippen molar-refractivity contribution in [2.45, 2.75) is 12.8 Å². The van der Waals surface area contributed by atoms with E-state index in [0.29, 0.717) is 17.7 Å². The highest BCUT2D eigenvalue weighted by atomic mass is 16.2. The molecular weight excluding hydrogens is 338 g/mol. The minimum absolute atomic E-state index is 0.00474. The van der Waals surface area contributed by atoms with Gasteiger partial charge in [0.25, 0.3) is 11.8 Å². The van der Waals surface area contributed by atoms with Crippen molar-refractivity contribution in [2.75, 3.05) is 16.8 Å². The van der Waals surface area contributed by atoms with Crippen molar-refractivity contribution in [1.29, 1.82) is 0 Å². The van der Waals surface area contributed by atoms with Gasteiger partial charge in [-0.25, -0.2) is 0 Å². The summed E-state index contributed by atoms with van der Waals surface area (Å²) in [4.78, 5) is 30.9. The minimum atomic E-state index is -0.176. The predicted molar refractivity (Wildman–Crippen MR) is 105 cm³/mol. The molecule has 0 aliphatic carbocycles. The number of nitrogens with one attached hydrogen (secondary N) is 1. The lowest BCUT2D eigenvalue weighted by Gasteiger charge is -2.30. The third kappa shape index (κ3) is 3.58. The molecule has 0 atom stereocenters. The number of aryl methyl sites for hydroxylation is 1. The highest BCUT2D eigenvalue weighted by Crippen LogP contribution is 2.31. The second-order valence-electron chi connectivity index (χ2n) is 6.46. The van der Waals surface area contributed by atoms with Crippen LogP contribution in [0.4, 0.5) is 11.4 Å². The van der Waals surface area contributed by atoms with Crippen LogP contribution >= 0.6 is 0 Å². The number of hydrogen-bond donors (Lipinski definition) is 1. The van der Waals surface area contributed by atoms with Gasteiger partial charge >= 0.3 is 0 Å². The van der Waals surface area contributed by atoms with Crippen LogP contribution in [0, 0.1) is 0 Å². The van der Waals surface area contributed by atoms with Crippen LogP contribution in [0.15, 0.2) is 73.1 Å². The second-order valence-corrected chi connectivity index (χ2v) is 6.46. The van der Waals surface area contributed by atoms with Crippen LogP contribution < -0.4 is 10.2 Å². The zero-order chi connectivity index (χ0) is 18.6. The van der Waals surface area contributed by atoms with E-state index in [1.54, 1.807) is 24.5 Å². The van der Waals surface area contributed by atoms with E-state index in [9.17, 15) is 9.59 Å². The first-order valence-corrected chi connectivity index (χ1v) is 8.93. The Labute approximate surface area is 157 Å². The van der Waals surface area contributed by atoms with Crippen LogP contribution in [-0.4, -0.2) is 23.3 Å². The Morgan fingerprint density at radius 2 is 1.70 bits per heavy atom. The van der Waals surface area contributed by atoms with Crippen LogP contribution in [-0.2, 0) is 6.42 Å². The molecule has 0 radical (unpaired) electrons. The molecule has 0 saturated heterocycles. The Bertz CT molecular complexity index is 971. The maximum absolute atomic E-state index is 12.9. The van der Waals surface area contributed by atoms with Gasteiger partial charge in [0.05, 0.1) is 0 Å². The molecule has 27 heavy (non-hydrogen) atoms. The summed E-state index contributed by atoms with van der Waals surface area (Å²) in [7, 11) is 0. The molecule has 1 N–H and O–H groups in total. The lowest BCUT2D eigenvalue weighted by molar-refractivity contribution is 0.0983. The van der Waals surface area contributed by atoms with E-state index in [4.69, 9.17) is 0 Å². The van der Waals surface area contributed by atoms with Crippen molar-refractivity contribution in [3.05, 3.63) is 89.7 Å². The van der Waals surface area contributed by atoms with E-state index in [1.165, 1.54) is 0 Å². The molecule has 1 aliphatic rings. The highest BCUT2D eigenvalue weighted by molar-refractivity contribution is 6.07. The van der Waals surface area contributed by atoms with E-state index in [-0.39, 0.29) is 11.8 Å². The summed E-state index contributed by atoms with van der Waals surface area (Å²) in [5.41, 5.74) is 3.95. The Balaban J connectivity index is 1.57. The Hall–Kier alpha value is -3.47. The van der Waals surface area contributed by atoms with Gasteiger partial charge < -0.3 is 10.2 Å². The van der Waals surface area contributed by atoms with Crippen molar-refractivity contribution in [3.8, 4) is 0 Å². The number of aromatic nitrogens is 1. The fraction of sp³-hybridized carbons (Fsp3) is 0.136. The zero-order valence-electron chi connectivity index (χ0n) is 14.8. The van der Waals surface area contributed by atoms with Gasteiger partial charge in [-0.15, -0.1) is 0 Å². The molecule has 0 fully saturated rings. The van der Waals surface area contributed by atoms with E-state index in [2.05, 4.69) is 10.3 Å². The van der Waals surface area contributed by atoms with Gasteiger partial charge in [0.15, 0.2) is 0 Å². The number of carbonyl (C=O) groups is 2. The summed E-state index contributed by atoms with van der Waals surface area (Å²) in [6.07, 6.45) is 4.96. The zero-order valence-corrected chi connectivity index (χ0v) is 14.8. The van der Waals surface area contributed by atoms with Gasteiger partial charge in [-0.3, -0.25) is 14.6 Å². The maximum atomic E-state index is 12.9. The van der Waals surface area contributed by atoms with Crippen LogP contribution in [0.25, 0.3) is 0 Å². The standard InChI is InChI=1S/C22H19N3O2/c26-21(16-10-12-23-13-11-16)24-19-8-9-20-18(15-19)7-4-14-25(20)22(27)17-5-2-1-3-6-17/h1-3,5-6,8-13,15H,4,7,14H2,(H,24,26). The van der Waals surface area contributed by atoms with Crippen LogP contribution in [0.1, 0.15) is 32.7 Å².